The lowest BCUT2D eigenvalue weighted by molar-refractivity contribution is 0.549. The molecule has 4 heteroatoms. The van der Waals surface area contributed by atoms with Crippen molar-refractivity contribution in [2.45, 2.75) is 26.3 Å². The van der Waals surface area contributed by atoms with Crippen molar-refractivity contribution in [2.75, 3.05) is 0 Å². The van der Waals surface area contributed by atoms with Crippen LogP contribution in [0.25, 0.3) is 0 Å². The summed E-state index contributed by atoms with van der Waals surface area (Å²) in [4.78, 5) is 0. The number of rotatable bonds is 4. The summed E-state index contributed by atoms with van der Waals surface area (Å²) in [5.74, 6) is 5.45. The summed E-state index contributed by atoms with van der Waals surface area (Å²) in [5, 5.41) is 0.691. The lowest BCUT2D eigenvalue weighted by Crippen LogP contribution is -2.29. The van der Waals surface area contributed by atoms with Gasteiger partial charge >= 0.3 is 0 Å². The molecule has 20 heavy (non-hydrogen) atoms. The Morgan fingerprint density at radius 3 is 2.55 bits per heavy atom. The molecule has 0 radical (unpaired) electrons. The van der Waals surface area contributed by atoms with Crippen LogP contribution in [0.1, 0.15) is 28.3 Å². The summed E-state index contributed by atoms with van der Waals surface area (Å²) in [7, 11) is 0. The minimum atomic E-state index is -0.220. The maximum absolute atomic E-state index is 13.1. The first-order valence-corrected chi connectivity index (χ1v) is 6.85. The predicted octanol–water partition coefficient (Wildman–Crippen LogP) is 3.84. The standard InChI is InChI=1S/C16H18ClFN2/c1-10-5-13(8-14(17)6-10)16(20-19)9-12-3-4-15(18)7-11(12)2/h3-8,16,20H,9,19H2,1-2H3. The Bertz CT molecular complexity index is 593. The second kappa shape index (κ2) is 6.35. The smallest absolute Gasteiger partial charge is 0.123 e. The fourth-order valence-electron chi connectivity index (χ4n) is 2.35. The highest BCUT2D eigenvalue weighted by atomic mass is 35.5. The van der Waals surface area contributed by atoms with Gasteiger partial charge in [0.1, 0.15) is 5.82 Å². The summed E-state index contributed by atoms with van der Waals surface area (Å²) >= 11 is 6.09. The van der Waals surface area contributed by atoms with Crippen molar-refractivity contribution in [1.82, 2.24) is 5.43 Å². The molecular formula is C16H18ClFN2. The average molecular weight is 293 g/mol. The molecule has 0 bridgehead atoms. The number of nitrogens with one attached hydrogen (secondary N) is 1. The van der Waals surface area contributed by atoms with E-state index in [1.165, 1.54) is 12.1 Å². The Morgan fingerprint density at radius 1 is 1.20 bits per heavy atom. The molecule has 0 aliphatic heterocycles. The molecular weight excluding hydrogens is 275 g/mol. The minimum Gasteiger partial charge on any atom is -0.271 e. The zero-order valence-corrected chi connectivity index (χ0v) is 12.3. The van der Waals surface area contributed by atoms with Crippen molar-refractivity contribution in [2.24, 2.45) is 5.84 Å². The van der Waals surface area contributed by atoms with Gasteiger partial charge in [-0.15, -0.1) is 0 Å². The van der Waals surface area contributed by atoms with Crippen molar-refractivity contribution < 1.29 is 4.39 Å². The Morgan fingerprint density at radius 2 is 1.95 bits per heavy atom. The molecule has 3 N–H and O–H groups in total. The summed E-state index contributed by atoms with van der Waals surface area (Å²) in [5.41, 5.74) is 6.91. The molecule has 0 aliphatic rings. The molecule has 0 fully saturated rings. The molecule has 0 saturated carbocycles. The van der Waals surface area contributed by atoms with Crippen LogP contribution in [0.2, 0.25) is 5.02 Å². The molecule has 2 rings (SSSR count). The van der Waals surface area contributed by atoms with Gasteiger partial charge in [-0.1, -0.05) is 23.7 Å². The van der Waals surface area contributed by atoms with Crippen LogP contribution in [0.4, 0.5) is 4.39 Å². The van der Waals surface area contributed by atoms with Crippen molar-refractivity contribution in [1.29, 1.82) is 0 Å². The van der Waals surface area contributed by atoms with E-state index in [4.69, 9.17) is 17.4 Å². The monoisotopic (exact) mass is 292 g/mol. The van der Waals surface area contributed by atoms with Gasteiger partial charge in [0.2, 0.25) is 0 Å². The highest BCUT2D eigenvalue weighted by Gasteiger charge is 2.13. The lowest BCUT2D eigenvalue weighted by atomic mass is 9.95. The Labute approximate surface area is 123 Å². The summed E-state index contributed by atoms with van der Waals surface area (Å²) in [6.07, 6.45) is 0.683. The number of benzene rings is 2. The van der Waals surface area contributed by atoms with Crippen LogP contribution in [0.5, 0.6) is 0 Å². The van der Waals surface area contributed by atoms with E-state index in [0.717, 1.165) is 22.3 Å². The SMILES string of the molecule is Cc1cc(Cl)cc(C(Cc2ccc(F)cc2C)NN)c1. The number of hydrazine groups is 1. The molecule has 0 aromatic heterocycles. The van der Waals surface area contributed by atoms with E-state index in [9.17, 15) is 4.39 Å². The Kier molecular flexibility index (Phi) is 4.76. The summed E-state index contributed by atoms with van der Waals surface area (Å²) in [6, 6.07) is 10.6. The molecule has 0 spiro atoms. The first-order chi connectivity index (χ1) is 9.49. The van der Waals surface area contributed by atoms with Gasteiger partial charge in [-0.3, -0.25) is 11.3 Å². The van der Waals surface area contributed by atoms with Crippen LogP contribution in [0.15, 0.2) is 36.4 Å². The van der Waals surface area contributed by atoms with Gasteiger partial charge in [0, 0.05) is 5.02 Å². The number of hydrogen-bond donors (Lipinski definition) is 2. The van der Waals surface area contributed by atoms with Crippen LogP contribution in [-0.2, 0) is 6.42 Å². The summed E-state index contributed by atoms with van der Waals surface area (Å²) in [6.45, 7) is 3.89. The van der Waals surface area contributed by atoms with E-state index in [1.54, 1.807) is 6.07 Å². The van der Waals surface area contributed by atoms with E-state index in [2.05, 4.69) is 11.5 Å². The highest BCUT2D eigenvalue weighted by Crippen LogP contribution is 2.24. The van der Waals surface area contributed by atoms with E-state index >= 15 is 0 Å². The molecule has 0 aliphatic carbocycles. The van der Waals surface area contributed by atoms with Crippen LogP contribution >= 0.6 is 11.6 Å². The maximum Gasteiger partial charge on any atom is 0.123 e. The van der Waals surface area contributed by atoms with E-state index < -0.39 is 0 Å². The van der Waals surface area contributed by atoms with Crippen molar-refractivity contribution in [3.05, 3.63) is 69.5 Å². The van der Waals surface area contributed by atoms with Gasteiger partial charge in [-0.05, 0) is 66.8 Å². The molecule has 1 atom stereocenters. The minimum absolute atomic E-state index is 0.0587. The van der Waals surface area contributed by atoms with E-state index in [1.807, 2.05) is 26.0 Å². The van der Waals surface area contributed by atoms with Gasteiger partial charge in [0.15, 0.2) is 0 Å². The molecule has 2 aromatic rings. The molecule has 0 amide bonds. The zero-order chi connectivity index (χ0) is 14.7. The molecule has 0 saturated heterocycles. The Balaban J connectivity index is 2.28. The average Bonchev–Trinajstić information content (AvgIpc) is 2.36. The molecule has 2 nitrogen and oxygen atoms in total. The van der Waals surface area contributed by atoms with Crippen molar-refractivity contribution in [3.63, 3.8) is 0 Å². The molecule has 1 unspecified atom stereocenters. The molecule has 2 aromatic carbocycles. The first kappa shape index (κ1) is 15.0. The number of hydrogen-bond acceptors (Lipinski definition) is 2. The number of nitrogens with two attached hydrogens (primary N) is 1. The third-order valence-corrected chi connectivity index (χ3v) is 3.61. The summed E-state index contributed by atoms with van der Waals surface area (Å²) < 4.78 is 13.1. The number of halogens is 2. The lowest BCUT2D eigenvalue weighted by Gasteiger charge is -2.18. The van der Waals surface area contributed by atoms with Crippen LogP contribution in [0.3, 0.4) is 0 Å². The van der Waals surface area contributed by atoms with Crippen molar-refractivity contribution in [3.8, 4) is 0 Å². The molecule has 0 heterocycles. The fourth-order valence-corrected chi connectivity index (χ4v) is 2.65. The van der Waals surface area contributed by atoms with E-state index in [-0.39, 0.29) is 11.9 Å². The van der Waals surface area contributed by atoms with Gasteiger partial charge in [0.25, 0.3) is 0 Å². The molecule has 106 valence electrons. The second-order valence-electron chi connectivity index (χ2n) is 5.06. The quantitative estimate of drug-likeness (QED) is 0.664. The van der Waals surface area contributed by atoms with Gasteiger partial charge in [-0.2, -0.15) is 0 Å². The highest BCUT2D eigenvalue weighted by molar-refractivity contribution is 6.30. The fraction of sp³-hybridized carbons (Fsp3) is 0.250. The van der Waals surface area contributed by atoms with Gasteiger partial charge in [0.05, 0.1) is 6.04 Å². The van der Waals surface area contributed by atoms with Crippen LogP contribution < -0.4 is 11.3 Å². The third kappa shape index (κ3) is 3.57. The largest absolute Gasteiger partial charge is 0.271 e. The van der Waals surface area contributed by atoms with Crippen molar-refractivity contribution >= 4 is 11.6 Å². The maximum atomic E-state index is 13.1. The first-order valence-electron chi connectivity index (χ1n) is 6.48. The van der Waals surface area contributed by atoms with Crippen LogP contribution in [0, 0.1) is 19.7 Å². The zero-order valence-electron chi connectivity index (χ0n) is 11.6. The van der Waals surface area contributed by atoms with Crippen LogP contribution in [-0.4, -0.2) is 0 Å². The predicted molar refractivity (Wildman–Crippen MR) is 81.1 cm³/mol. The Hall–Kier alpha value is -1.42. The van der Waals surface area contributed by atoms with Gasteiger partial charge in [-0.25, -0.2) is 4.39 Å². The second-order valence-corrected chi connectivity index (χ2v) is 5.49. The third-order valence-electron chi connectivity index (χ3n) is 3.40. The van der Waals surface area contributed by atoms with E-state index in [0.29, 0.717) is 11.4 Å². The number of aryl methyl sites for hydroxylation is 2. The normalized spacial score (nSPS) is 12.4. The van der Waals surface area contributed by atoms with Gasteiger partial charge < -0.3 is 0 Å². The topological polar surface area (TPSA) is 38.0 Å².